The summed E-state index contributed by atoms with van der Waals surface area (Å²) in [4.78, 5) is 30.1. The van der Waals surface area contributed by atoms with Crippen LogP contribution in [0.5, 0.6) is 0 Å². The fraction of sp³-hybridized carbons (Fsp3) is 0.267. The number of aromatic carboxylic acids is 1. The minimum absolute atomic E-state index is 0.00229. The molecule has 112 valence electrons. The molecule has 22 heavy (non-hydrogen) atoms. The Morgan fingerprint density at radius 2 is 2.23 bits per heavy atom. The third-order valence-electron chi connectivity index (χ3n) is 4.30. The number of hydrogen-bond donors (Lipinski definition) is 1. The number of rotatable bonds is 1. The van der Waals surface area contributed by atoms with Crippen LogP contribution in [0.2, 0.25) is 5.02 Å². The van der Waals surface area contributed by atoms with Gasteiger partial charge in [-0.15, -0.1) is 0 Å². The van der Waals surface area contributed by atoms with E-state index in [1.807, 2.05) is 0 Å². The lowest BCUT2D eigenvalue weighted by Gasteiger charge is -2.22. The fourth-order valence-corrected chi connectivity index (χ4v) is 3.65. The van der Waals surface area contributed by atoms with E-state index in [0.29, 0.717) is 28.5 Å². The fourth-order valence-electron chi connectivity index (χ4n) is 3.40. The lowest BCUT2D eigenvalue weighted by Crippen LogP contribution is -2.30. The Bertz CT molecular complexity index is 814. The zero-order valence-corrected chi connectivity index (χ0v) is 12.2. The van der Waals surface area contributed by atoms with Crippen LogP contribution in [0.15, 0.2) is 24.5 Å². The predicted octanol–water partition coefficient (Wildman–Crippen LogP) is 2.51. The third kappa shape index (κ3) is 1.64. The third-order valence-corrected chi connectivity index (χ3v) is 4.62. The SMILES string of the molecule is O=C(O)c1ncn2c1[C@@H]1CCCN1C(=O)c1c(Cl)cccc1-2. The van der Waals surface area contributed by atoms with Crippen LogP contribution in [-0.2, 0) is 0 Å². The number of benzene rings is 1. The van der Waals surface area contributed by atoms with Crippen molar-refractivity contribution in [1.29, 1.82) is 0 Å². The van der Waals surface area contributed by atoms with Crippen molar-refractivity contribution in [2.75, 3.05) is 6.54 Å². The average molecular weight is 318 g/mol. The number of carbonyl (C=O) groups excluding carboxylic acids is 1. The van der Waals surface area contributed by atoms with Crippen LogP contribution in [-0.4, -0.2) is 38.0 Å². The second kappa shape index (κ2) is 4.58. The molecule has 0 unspecified atom stereocenters. The molecule has 7 heteroatoms. The normalized spacial score (nSPS) is 19.4. The molecule has 4 rings (SSSR count). The van der Waals surface area contributed by atoms with Gasteiger partial charge in [-0.05, 0) is 25.0 Å². The van der Waals surface area contributed by atoms with E-state index in [9.17, 15) is 14.7 Å². The van der Waals surface area contributed by atoms with Crippen LogP contribution in [0.3, 0.4) is 0 Å². The van der Waals surface area contributed by atoms with Crippen molar-refractivity contribution in [3.8, 4) is 5.69 Å². The van der Waals surface area contributed by atoms with Gasteiger partial charge < -0.3 is 10.0 Å². The van der Waals surface area contributed by atoms with Gasteiger partial charge in [-0.3, -0.25) is 9.36 Å². The van der Waals surface area contributed by atoms with Gasteiger partial charge in [-0.1, -0.05) is 17.7 Å². The summed E-state index contributed by atoms with van der Waals surface area (Å²) >= 11 is 6.24. The number of fused-ring (bicyclic) bond motifs is 5. The summed E-state index contributed by atoms with van der Waals surface area (Å²) < 4.78 is 1.69. The minimum atomic E-state index is -1.08. The zero-order chi connectivity index (χ0) is 15.4. The molecule has 1 aromatic heterocycles. The Hall–Kier alpha value is -2.34. The summed E-state index contributed by atoms with van der Waals surface area (Å²) in [6.07, 6.45) is 3.02. The van der Waals surface area contributed by atoms with Gasteiger partial charge in [0, 0.05) is 6.54 Å². The smallest absolute Gasteiger partial charge is 0.356 e. The van der Waals surface area contributed by atoms with Crippen molar-refractivity contribution in [2.24, 2.45) is 0 Å². The highest BCUT2D eigenvalue weighted by molar-refractivity contribution is 6.34. The number of halogens is 1. The second-order valence-electron chi connectivity index (χ2n) is 5.44. The summed E-state index contributed by atoms with van der Waals surface area (Å²) in [5.74, 6) is -1.23. The van der Waals surface area contributed by atoms with Gasteiger partial charge in [0.1, 0.15) is 6.33 Å². The van der Waals surface area contributed by atoms with Gasteiger partial charge in [0.05, 0.1) is 28.0 Å². The molecular formula is C15H12ClN3O3. The lowest BCUT2D eigenvalue weighted by atomic mass is 10.1. The highest BCUT2D eigenvalue weighted by atomic mass is 35.5. The van der Waals surface area contributed by atoms with Gasteiger partial charge >= 0.3 is 5.97 Å². The zero-order valence-electron chi connectivity index (χ0n) is 11.5. The number of carboxylic acid groups (broad SMARTS) is 1. The molecule has 0 saturated carbocycles. The van der Waals surface area contributed by atoms with Gasteiger partial charge in [-0.25, -0.2) is 9.78 Å². The van der Waals surface area contributed by atoms with E-state index >= 15 is 0 Å². The number of amides is 1. The van der Waals surface area contributed by atoms with Gasteiger partial charge in [0.15, 0.2) is 5.69 Å². The van der Waals surface area contributed by atoms with Crippen molar-refractivity contribution in [2.45, 2.75) is 18.9 Å². The largest absolute Gasteiger partial charge is 0.476 e. The summed E-state index contributed by atoms with van der Waals surface area (Å²) in [6.45, 7) is 0.596. The Morgan fingerprint density at radius 1 is 1.41 bits per heavy atom. The van der Waals surface area contributed by atoms with Crippen molar-refractivity contribution in [3.63, 3.8) is 0 Å². The topological polar surface area (TPSA) is 75.4 Å². The molecule has 1 aromatic carbocycles. The first-order valence-electron chi connectivity index (χ1n) is 7.00. The molecule has 2 aliphatic heterocycles. The van der Waals surface area contributed by atoms with Crippen LogP contribution in [0.1, 0.15) is 45.4 Å². The molecule has 2 aromatic rings. The van der Waals surface area contributed by atoms with Gasteiger partial charge in [-0.2, -0.15) is 0 Å². The molecule has 0 spiro atoms. The number of nitrogens with zero attached hydrogens (tertiary/aromatic N) is 3. The second-order valence-corrected chi connectivity index (χ2v) is 5.85. The molecule has 1 N–H and O–H groups in total. The quantitative estimate of drug-likeness (QED) is 0.877. The van der Waals surface area contributed by atoms with Crippen molar-refractivity contribution < 1.29 is 14.7 Å². The van der Waals surface area contributed by atoms with Crippen LogP contribution >= 0.6 is 11.6 Å². The van der Waals surface area contributed by atoms with Crippen LogP contribution < -0.4 is 0 Å². The number of carboxylic acids is 1. The Labute approximate surface area is 130 Å². The molecule has 3 heterocycles. The first-order chi connectivity index (χ1) is 10.6. The molecular weight excluding hydrogens is 306 g/mol. The summed E-state index contributed by atoms with van der Waals surface area (Å²) in [7, 11) is 0. The molecule has 6 nitrogen and oxygen atoms in total. The van der Waals surface area contributed by atoms with E-state index in [1.54, 1.807) is 27.7 Å². The Kier molecular flexibility index (Phi) is 2.77. The van der Waals surface area contributed by atoms with Crippen molar-refractivity contribution >= 4 is 23.5 Å². The first-order valence-corrected chi connectivity index (χ1v) is 7.37. The van der Waals surface area contributed by atoms with Crippen molar-refractivity contribution in [3.05, 3.63) is 46.5 Å². The van der Waals surface area contributed by atoms with E-state index in [2.05, 4.69) is 4.98 Å². The highest BCUT2D eigenvalue weighted by Gasteiger charge is 2.40. The predicted molar refractivity (Wildman–Crippen MR) is 78.5 cm³/mol. The molecule has 1 saturated heterocycles. The number of aromatic nitrogens is 2. The molecule has 0 aliphatic carbocycles. The number of hydrogen-bond acceptors (Lipinski definition) is 3. The maximum atomic E-state index is 12.8. The molecule has 1 amide bonds. The molecule has 1 fully saturated rings. The monoisotopic (exact) mass is 317 g/mol. The van der Waals surface area contributed by atoms with E-state index in [0.717, 1.165) is 12.8 Å². The van der Waals surface area contributed by atoms with Gasteiger partial charge in [0.2, 0.25) is 0 Å². The summed E-state index contributed by atoms with van der Waals surface area (Å²) in [6, 6.07) is 4.90. The van der Waals surface area contributed by atoms with Crippen LogP contribution in [0, 0.1) is 0 Å². The van der Waals surface area contributed by atoms with Crippen LogP contribution in [0.25, 0.3) is 5.69 Å². The minimum Gasteiger partial charge on any atom is -0.476 e. The number of carbonyl (C=O) groups is 2. The van der Waals surface area contributed by atoms with Crippen LogP contribution in [0.4, 0.5) is 0 Å². The summed E-state index contributed by atoms with van der Waals surface area (Å²) in [5.41, 5.74) is 1.54. The molecule has 1 atom stereocenters. The number of imidazole rings is 1. The lowest BCUT2D eigenvalue weighted by molar-refractivity contribution is 0.0673. The standard InChI is InChI=1S/C15H12ClN3O3/c16-8-3-1-4-9-11(8)14(20)18-6-2-5-10(18)13-12(15(21)22)17-7-19(9)13/h1,3-4,7,10H,2,5-6H2,(H,21,22)/t10-/m0/s1. The molecule has 0 radical (unpaired) electrons. The Morgan fingerprint density at radius 3 is 3.00 bits per heavy atom. The maximum Gasteiger partial charge on any atom is 0.356 e. The summed E-state index contributed by atoms with van der Waals surface area (Å²) in [5, 5.41) is 9.77. The Balaban J connectivity index is 2.08. The van der Waals surface area contributed by atoms with E-state index in [-0.39, 0.29) is 17.6 Å². The van der Waals surface area contributed by atoms with E-state index in [1.165, 1.54) is 6.33 Å². The average Bonchev–Trinajstić information content (AvgIpc) is 3.10. The highest BCUT2D eigenvalue weighted by Crippen LogP contribution is 2.41. The maximum absolute atomic E-state index is 12.8. The molecule has 0 bridgehead atoms. The van der Waals surface area contributed by atoms with Crippen molar-refractivity contribution in [1.82, 2.24) is 14.5 Å². The first kappa shape index (κ1) is 13.3. The van der Waals surface area contributed by atoms with E-state index < -0.39 is 5.97 Å². The molecule has 2 aliphatic rings. The van der Waals surface area contributed by atoms with E-state index in [4.69, 9.17) is 11.6 Å². The van der Waals surface area contributed by atoms with Gasteiger partial charge in [0.25, 0.3) is 5.91 Å².